The van der Waals surface area contributed by atoms with Crippen LogP contribution in [0.3, 0.4) is 0 Å². The van der Waals surface area contributed by atoms with Crippen molar-refractivity contribution in [3.05, 3.63) is 0 Å². The monoisotopic (exact) mass is 226 g/mol. The molecule has 2 fully saturated rings. The Bertz CT molecular complexity index is 300. The average Bonchev–Trinajstić information content (AvgIpc) is 2.14. The zero-order valence-corrected chi connectivity index (χ0v) is 9.56. The van der Waals surface area contributed by atoms with E-state index >= 15 is 0 Å². The number of aliphatic carboxylic acids is 1. The van der Waals surface area contributed by atoms with E-state index in [-0.39, 0.29) is 11.9 Å². The lowest BCUT2D eigenvalue weighted by Gasteiger charge is -2.42. The van der Waals surface area contributed by atoms with Crippen molar-refractivity contribution in [3.63, 3.8) is 0 Å². The van der Waals surface area contributed by atoms with Gasteiger partial charge in [-0.3, -0.25) is 4.79 Å². The van der Waals surface area contributed by atoms with Gasteiger partial charge in [0, 0.05) is 26.2 Å². The van der Waals surface area contributed by atoms with Crippen molar-refractivity contribution in [3.8, 4) is 0 Å². The number of carboxylic acids is 1. The predicted molar refractivity (Wildman–Crippen MR) is 58.1 cm³/mol. The molecule has 2 aliphatic heterocycles. The Morgan fingerprint density at radius 2 is 1.88 bits per heavy atom. The predicted octanol–water partition coefficient (Wildman–Crippen LogP) is 0.855. The minimum absolute atomic E-state index is 0.0176. The Morgan fingerprint density at radius 3 is 2.44 bits per heavy atom. The summed E-state index contributed by atoms with van der Waals surface area (Å²) in [5.41, 5.74) is 0. The molecular formula is C11H18N2O3. The molecule has 2 rings (SSSR count). The second-order valence-electron chi connectivity index (χ2n) is 4.92. The maximum atomic E-state index is 12.0. The van der Waals surface area contributed by atoms with Crippen LogP contribution in [0.5, 0.6) is 0 Å². The highest BCUT2D eigenvalue weighted by Gasteiger charge is 2.38. The summed E-state index contributed by atoms with van der Waals surface area (Å²) in [5, 5.41) is 8.73. The normalized spacial score (nSPS) is 26.4. The number of rotatable bonds is 1. The molecule has 2 amide bonds. The fourth-order valence-electron chi connectivity index (χ4n) is 2.35. The van der Waals surface area contributed by atoms with Gasteiger partial charge in [-0.05, 0) is 18.8 Å². The molecule has 0 aromatic heterocycles. The van der Waals surface area contributed by atoms with Gasteiger partial charge >= 0.3 is 12.0 Å². The lowest BCUT2D eigenvalue weighted by atomic mass is 9.99. The molecule has 0 aromatic carbocycles. The first-order valence-electron chi connectivity index (χ1n) is 5.84. The van der Waals surface area contributed by atoms with Crippen LogP contribution in [0.15, 0.2) is 0 Å². The molecule has 0 saturated carbocycles. The van der Waals surface area contributed by atoms with Crippen molar-refractivity contribution >= 4 is 12.0 Å². The van der Waals surface area contributed by atoms with E-state index in [0.717, 1.165) is 19.5 Å². The van der Waals surface area contributed by atoms with E-state index in [2.05, 4.69) is 6.92 Å². The molecular weight excluding hydrogens is 208 g/mol. The van der Waals surface area contributed by atoms with Crippen LogP contribution in [-0.4, -0.2) is 53.1 Å². The maximum Gasteiger partial charge on any atom is 0.320 e. The molecule has 90 valence electrons. The fourth-order valence-corrected chi connectivity index (χ4v) is 2.35. The molecule has 2 aliphatic rings. The Balaban J connectivity index is 1.82. The van der Waals surface area contributed by atoms with E-state index in [0.29, 0.717) is 19.0 Å². The van der Waals surface area contributed by atoms with Gasteiger partial charge in [-0.2, -0.15) is 0 Å². The van der Waals surface area contributed by atoms with Gasteiger partial charge in [-0.1, -0.05) is 6.92 Å². The van der Waals surface area contributed by atoms with Gasteiger partial charge in [0.25, 0.3) is 0 Å². The number of hydrogen-bond donors (Lipinski definition) is 1. The van der Waals surface area contributed by atoms with Gasteiger partial charge < -0.3 is 14.9 Å². The summed E-state index contributed by atoms with van der Waals surface area (Å²) in [7, 11) is 0. The number of carbonyl (C=O) groups is 2. The largest absolute Gasteiger partial charge is 0.481 e. The third-order valence-corrected chi connectivity index (χ3v) is 3.43. The van der Waals surface area contributed by atoms with Crippen molar-refractivity contribution in [2.75, 3.05) is 26.2 Å². The first-order chi connectivity index (χ1) is 7.58. The highest BCUT2D eigenvalue weighted by Crippen LogP contribution is 2.21. The second kappa shape index (κ2) is 4.31. The molecule has 1 atom stereocenters. The van der Waals surface area contributed by atoms with Gasteiger partial charge in [0.2, 0.25) is 0 Å². The third kappa shape index (κ3) is 2.13. The zero-order valence-electron chi connectivity index (χ0n) is 9.56. The number of hydrogen-bond acceptors (Lipinski definition) is 2. The Labute approximate surface area is 95.0 Å². The van der Waals surface area contributed by atoms with Gasteiger partial charge in [-0.25, -0.2) is 4.79 Å². The zero-order chi connectivity index (χ0) is 11.7. The van der Waals surface area contributed by atoms with Gasteiger partial charge in [0.05, 0.1) is 5.92 Å². The number of carboxylic acid groups (broad SMARTS) is 1. The lowest BCUT2D eigenvalue weighted by molar-refractivity contribution is -0.146. The molecule has 0 spiro atoms. The van der Waals surface area contributed by atoms with Crippen LogP contribution in [0.1, 0.15) is 19.8 Å². The third-order valence-electron chi connectivity index (χ3n) is 3.43. The Morgan fingerprint density at radius 1 is 1.19 bits per heavy atom. The topological polar surface area (TPSA) is 60.9 Å². The van der Waals surface area contributed by atoms with Crippen LogP contribution in [0.4, 0.5) is 4.79 Å². The number of piperidine rings is 1. The van der Waals surface area contributed by atoms with Crippen molar-refractivity contribution in [1.82, 2.24) is 9.80 Å². The summed E-state index contributed by atoms with van der Waals surface area (Å²) >= 11 is 0. The van der Waals surface area contributed by atoms with Gasteiger partial charge in [0.15, 0.2) is 0 Å². The van der Waals surface area contributed by atoms with E-state index in [1.54, 1.807) is 4.90 Å². The number of nitrogens with zero attached hydrogens (tertiary/aromatic N) is 2. The minimum atomic E-state index is -0.795. The highest BCUT2D eigenvalue weighted by molar-refractivity contribution is 5.79. The number of urea groups is 1. The van der Waals surface area contributed by atoms with Crippen LogP contribution < -0.4 is 0 Å². The number of amides is 2. The standard InChI is InChI=1S/C11H18N2O3/c1-8-3-2-4-12(5-8)11(16)13-6-9(7-13)10(14)15/h8-9H,2-7H2,1H3,(H,14,15). The summed E-state index contributed by atoms with van der Waals surface area (Å²) in [4.78, 5) is 26.1. The van der Waals surface area contributed by atoms with E-state index < -0.39 is 5.97 Å². The van der Waals surface area contributed by atoms with Crippen LogP contribution in [0.25, 0.3) is 0 Å². The van der Waals surface area contributed by atoms with Crippen molar-refractivity contribution in [1.29, 1.82) is 0 Å². The number of carbonyl (C=O) groups excluding carboxylic acids is 1. The van der Waals surface area contributed by atoms with Crippen molar-refractivity contribution in [2.45, 2.75) is 19.8 Å². The second-order valence-corrected chi connectivity index (χ2v) is 4.92. The first kappa shape index (κ1) is 11.2. The molecule has 0 aromatic rings. The SMILES string of the molecule is CC1CCCN(C(=O)N2CC(C(=O)O)C2)C1. The Hall–Kier alpha value is -1.26. The van der Waals surface area contributed by atoms with Crippen molar-refractivity contribution < 1.29 is 14.7 Å². The molecule has 0 bridgehead atoms. The van der Waals surface area contributed by atoms with E-state index in [1.807, 2.05) is 4.90 Å². The molecule has 1 unspecified atom stereocenters. The smallest absolute Gasteiger partial charge is 0.320 e. The molecule has 0 aliphatic carbocycles. The lowest BCUT2D eigenvalue weighted by Crippen LogP contribution is -2.58. The molecule has 0 radical (unpaired) electrons. The average molecular weight is 226 g/mol. The summed E-state index contributed by atoms with van der Waals surface area (Å²) in [6.45, 7) is 4.53. The van der Waals surface area contributed by atoms with Crippen LogP contribution in [-0.2, 0) is 4.79 Å². The van der Waals surface area contributed by atoms with Crippen LogP contribution in [0.2, 0.25) is 0 Å². The summed E-state index contributed by atoms with van der Waals surface area (Å²) in [6.07, 6.45) is 2.24. The molecule has 2 saturated heterocycles. The van der Waals surface area contributed by atoms with E-state index in [1.165, 1.54) is 6.42 Å². The van der Waals surface area contributed by atoms with Gasteiger partial charge in [0.1, 0.15) is 0 Å². The Kier molecular flexibility index (Phi) is 3.03. The van der Waals surface area contributed by atoms with Gasteiger partial charge in [-0.15, -0.1) is 0 Å². The summed E-state index contributed by atoms with van der Waals surface area (Å²) < 4.78 is 0. The summed E-state index contributed by atoms with van der Waals surface area (Å²) in [6, 6.07) is 0.0176. The molecule has 1 N–H and O–H groups in total. The minimum Gasteiger partial charge on any atom is -0.481 e. The van der Waals surface area contributed by atoms with Crippen LogP contribution in [0, 0.1) is 11.8 Å². The van der Waals surface area contributed by atoms with Crippen molar-refractivity contribution in [2.24, 2.45) is 11.8 Å². The highest BCUT2D eigenvalue weighted by atomic mass is 16.4. The molecule has 5 heteroatoms. The fraction of sp³-hybridized carbons (Fsp3) is 0.818. The summed E-state index contributed by atoms with van der Waals surface area (Å²) in [5.74, 6) is -0.587. The van der Waals surface area contributed by atoms with E-state index in [4.69, 9.17) is 5.11 Å². The molecule has 2 heterocycles. The van der Waals surface area contributed by atoms with E-state index in [9.17, 15) is 9.59 Å². The first-order valence-corrected chi connectivity index (χ1v) is 5.84. The van der Waals surface area contributed by atoms with Crippen LogP contribution >= 0.6 is 0 Å². The molecule has 5 nitrogen and oxygen atoms in total. The maximum absolute atomic E-state index is 12.0. The number of likely N-dealkylation sites (tertiary alicyclic amines) is 2. The quantitative estimate of drug-likeness (QED) is 0.721. The molecule has 16 heavy (non-hydrogen) atoms.